The smallest absolute Gasteiger partial charge is 0.304 e. The summed E-state index contributed by atoms with van der Waals surface area (Å²) in [5.74, 6) is -2.35. The third-order valence-electron chi connectivity index (χ3n) is 3.44. The van der Waals surface area contributed by atoms with Gasteiger partial charge in [-0.25, -0.2) is 8.78 Å². The van der Waals surface area contributed by atoms with Gasteiger partial charge in [0.2, 0.25) is 0 Å². The molecule has 0 bridgehead atoms. The number of nitrogens with one attached hydrogen (secondary N) is 1. The molecular weight excluding hydrogens is 401 g/mol. The third kappa shape index (κ3) is 4.10. The quantitative estimate of drug-likeness (QED) is 0.687. The highest BCUT2D eigenvalue weighted by Crippen LogP contribution is 2.26. The molecule has 0 fully saturated rings. The molecule has 0 spiro atoms. The van der Waals surface area contributed by atoms with Gasteiger partial charge in [0.25, 0.3) is 5.91 Å². The van der Waals surface area contributed by atoms with Gasteiger partial charge in [-0.15, -0.1) is 4.73 Å². The molecule has 138 valence electrons. The average molecular weight is 411 g/mol. The molecule has 9 heteroatoms. The summed E-state index contributed by atoms with van der Waals surface area (Å²) in [6.45, 7) is 0. The molecule has 0 aliphatic heterocycles. The maximum atomic E-state index is 14.4. The highest BCUT2D eigenvalue weighted by atomic mass is 35.5. The second-order valence-electron chi connectivity index (χ2n) is 5.28. The fourth-order valence-corrected chi connectivity index (χ4v) is 2.57. The predicted octanol–water partition coefficient (Wildman–Crippen LogP) is 4.53. The summed E-state index contributed by atoms with van der Waals surface area (Å²) < 4.78 is 28.0. The van der Waals surface area contributed by atoms with Crippen molar-refractivity contribution in [3.05, 3.63) is 92.3 Å². The first-order valence-electron chi connectivity index (χ1n) is 7.47. The van der Waals surface area contributed by atoms with Crippen molar-refractivity contribution in [2.24, 2.45) is 0 Å². The maximum Gasteiger partial charge on any atom is 0.304 e. The molecule has 1 heterocycles. The van der Waals surface area contributed by atoms with E-state index in [0.29, 0.717) is 10.9 Å². The zero-order chi connectivity index (χ0) is 19.6. The number of carbonyl (C=O) groups excluding carboxylic acids is 1. The van der Waals surface area contributed by atoms with Gasteiger partial charge >= 0.3 is 5.56 Å². The fourth-order valence-electron chi connectivity index (χ4n) is 2.15. The van der Waals surface area contributed by atoms with E-state index in [1.165, 1.54) is 18.2 Å². The number of halogens is 4. The second-order valence-corrected chi connectivity index (χ2v) is 6.07. The Bertz CT molecular complexity index is 1070. The number of carbonyl (C=O) groups is 1. The molecule has 0 aliphatic rings. The molecule has 0 saturated carbocycles. The highest BCUT2D eigenvalue weighted by Gasteiger charge is 2.19. The van der Waals surface area contributed by atoms with Crippen molar-refractivity contribution in [1.29, 1.82) is 0 Å². The molecule has 3 aromatic rings. The van der Waals surface area contributed by atoms with E-state index in [0.717, 1.165) is 12.1 Å². The zero-order valence-corrected chi connectivity index (χ0v) is 14.9. The number of anilines is 1. The van der Waals surface area contributed by atoms with Gasteiger partial charge in [-0.3, -0.25) is 9.59 Å². The lowest BCUT2D eigenvalue weighted by atomic mass is 10.2. The van der Waals surface area contributed by atoms with Crippen LogP contribution < -0.4 is 15.7 Å². The first-order valence-corrected chi connectivity index (χ1v) is 8.23. The van der Waals surface area contributed by atoms with Crippen molar-refractivity contribution in [2.75, 3.05) is 5.32 Å². The molecule has 1 aromatic heterocycles. The maximum absolute atomic E-state index is 14.4. The molecular formula is C18H10Cl2F2N2O3. The van der Waals surface area contributed by atoms with Crippen molar-refractivity contribution in [2.45, 2.75) is 0 Å². The van der Waals surface area contributed by atoms with Gasteiger partial charge in [0.05, 0.1) is 11.2 Å². The standard InChI is InChI=1S/C18H10Cl2F2N2O3/c19-12-8-11(21)6-7-14(12)27-24-9-13(22)16(15(20)18(24)26)23-17(25)10-4-2-1-3-5-10/h1-9H,(H,23,25). The molecule has 2 aromatic carbocycles. The van der Waals surface area contributed by atoms with Crippen molar-refractivity contribution in [3.63, 3.8) is 0 Å². The Labute approximate surface area is 161 Å². The Balaban J connectivity index is 1.92. The van der Waals surface area contributed by atoms with Gasteiger partial charge in [0.15, 0.2) is 11.6 Å². The molecule has 1 amide bonds. The van der Waals surface area contributed by atoms with Crippen LogP contribution in [0.1, 0.15) is 10.4 Å². The van der Waals surface area contributed by atoms with E-state index in [-0.39, 0.29) is 16.3 Å². The lowest BCUT2D eigenvalue weighted by Crippen LogP contribution is -2.27. The summed E-state index contributed by atoms with van der Waals surface area (Å²) in [7, 11) is 0. The Morgan fingerprint density at radius 2 is 1.78 bits per heavy atom. The molecule has 5 nitrogen and oxygen atoms in total. The number of aromatic nitrogens is 1. The fraction of sp³-hybridized carbons (Fsp3) is 0. The number of amides is 1. The van der Waals surface area contributed by atoms with E-state index in [9.17, 15) is 18.4 Å². The number of hydrogen-bond donors (Lipinski definition) is 1. The molecule has 1 N–H and O–H groups in total. The predicted molar refractivity (Wildman–Crippen MR) is 97.5 cm³/mol. The van der Waals surface area contributed by atoms with Crippen LogP contribution in [0.3, 0.4) is 0 Å². The van der Waals surface area contributed by atoms with Crippen LogP contribution in [0.4, 0.5) is 14.5 Å². The second kappa shape index (κ2) is 7.77. The van der Waals surface area contributed by atoms with E-state index < -0.39 is 33.8 Å². The highest BCUT2D eigenvalue weighted by molar-refractivity contribution is 6.33. The van der Waals surface area contributed by atoms with E-state index in [2.05, 4.69) is 5.32 Å². The third-order valence-corrected chi connectivity index (χ3v) is 4.09. The molecule has 0 saturated heterocycles. The first kappa shape index (κ1) is 18.9. The molecule has 0 radical (unpaired) electrons. The van der Waals surface area contributed by atoms with Crippen molar-refractivity contribution in [3.8, 4) is 5.75 Å². The van der Waals surface area contributed by atoms with Gasteiger partial charge in [-0.2, -0.15) is 0 Å². The van der Waals surface area contributed by atoms with Gasteiger partial charge in [0.1, 0.15) is 16.5 Å². The van der Waals surface area contributed by atoms with Crippen molar-refractivity contribution < 1.29 is 18.4 Å². The summed E-state index contributed by atoms with van der Waals surface area (Å²) >= 11 is 11.7. The summed E-state index contributed by atoms with van der Waals surface area (Å²) in [5, 5.41) is 1.53. The Kier molecular flexibility index (Phi) is 5.43. The number of pyridine rings is 1. The Morgan fingerprint density at radius 3 is 2.44 bits per heavy atom. The topological polar surface area (TPSA) is 60.3 Å². The van der Waals surface area contributed by atoms with Crippen LogP contribution >= 0.6 is 23.2 Å². The number of nitrogens with zero attached hydrogens (tertiary/aromatic N) is 1. The summed E-state index contributed by atoms with van der Waals surface area (Å²) in [5.41, 5.74) is -1.17. The van der Waals surface area contributed by atoms with Gasteiger partial charge in [0, 0.05) is 5.56 Å². The monoisotopic (exact) mass is 410 g/mol. The number of hydrogen-bond acceptors (Lipinski definition) is 3. The Morgan fingerprint density at radius 1 is 1.07 bits per heavy atom. The van der Waals surface area contributed by atoms with E-state index in [1.807, 2.05) is 0 Å². The molecule has 0 unspecified atom stereocenters. The number of rotatable bonds is 4. The van der Waals surface area contributed by atoms with Gasteiger partial charge in [-0.1, -0.05) is 41.4 Å². The van der Waals surface area contributed by atoms with Gasteiger partial charge < -0.3 is 10.2 Å². The summed E-state index contributed by atoms with van der Waals surface area (Å²) in [6, 6.07) is 11.2. The lowest BCUT2D eigenvalue weighted by molar-refractivity contribution is 0.102. The van der Waals surface area contributed by atoms with E-state index >= 15 is 0 Å². The Hall–Kier alpha value is -2.90. The first-order chi connectivity index (χ1) is 12.9. The molecule has 27 heavy (non-hydrogen) atoms. The van der Waals surface area contributed by atoms with Crippen LogP contribution in [0.2, 0.25) is 10.0 Å². The largest absolute Gasteiger partial charge is 0.370 e. The van der Waals surface area contributed by atoms with Crippen LogP contribution in [0.15, 0.2) is 59.5 Å². The minimum atomic E-state index is -1.01. The minimum absolute atomic E-state index is 0.0864. The van der Waals surface area contributed by atoms with E-state index in [1.54, 1.807) is 18.2 Å². The SMILES string of the molecule is O=C(Nc1c(F)cn(Oc2ccc(F)cc2Cl)c(=O)c1Cl)c1ccccc1. The minimum Gasteiger partial charge on any atom is -0.370 e. The lowest BCUT2D eigenvalue weighted by Gasteiger charge is -2.13. The molecule has 0 aliphatic carbocycles. The zero-order valence-electron chi connectivity index (χ0n) is 13.4. The van der Waals surface area contributed by atoms with Crippen LogP contribution in [-0.4, -0.2) is 10.6 Å². The van der Waals surface area contributed by atoms with Crippen LogP contribution in [0.5, 0.6) is 5.75 Å². The van der Waals surface area contributed by atoms with Crippen LogP contribution in [-0.2, 0) is 0 Å². The van der Waals surface area contributed by atoms with E-state index in [4.69, 9.17) is 28.0 Å². The normalized spacial score (nSPS) is 10.5. The van der Waals surface area contributed by atoms with Crippen molar-refractivity contribution in [1.82, 2.24) is 4.73 Å². The van der Waals surface area contributed by atoms with Crippen molar-refractivity contribution >= 4 is 34.8 Å². The molecule has 3 rings (SSSR count). The van der Waals surface area contributed by atoms with Crippen LogP contribution in [0, 0.1) is 11.6 Å². The average Bonchev–Trinajstić information content (AvgIpc) is 2.65. The summed E-state index contributed by atoms with van der Waals surface area (Å²) in [6.07, 6.45) is 0.689. The summed E-state index contributed by atoms with van der Waals surface area (Å²) in [4.78, 5) is 29.6. The number of benzene rings is 2. The van der Waals surface area contributed by atoms with Crippen LogP contribution in [0.25, 0.3) is 0 Å². The van der Waals surface area contributed by atoms with Gasteiger partial charge in [-0.05, 0) is 30.3 Å². The molecule has 0 atom stereocenters.